The fourth-order valence-electron chi connectivity index (χ4n) is 2.82. The highest BCUT2D eigenvalue weighted by molar-refractivity contribution is 6.03. The van der Waals surface area contributed by atoms with Gasteiger partial charge in [0.2, 0.25) is 5.91 Å². The number of anilines is 1. The molecule has 3 heterocycles. The Morgan fingerprint density at radius 2 is 2.12 bits per heavy atom. The number of para-hydroxylation sites is 1. The van der Waals surface area contributed by atoms with Crippen molar-refractivity contribution in [3.63, 3.8) is 0 Å². The maximum atomic E-state index is 12.3. The van der Waals surface area contributed by atoms with E-state index in [9.17, 15) is 4.79 Å². The average molecular weight is 332 g/mol. The van der Waals surface area contributed by atoms with Crippen LogP contribution < -0.4 is 5.32 Å². The van der Waals surface area contributed by atoms with Crippen LogP contribution in [0.15, 0.2) is 59.3 Å². The third-order valence-corrected chi connectivity index (χ3v) is 3.97. The second kappa shape index (κ2) is 6.24. The largest absolute Gasteiger partial charge is 0.460 e. The van der Waals surface area contributed by atoms with Crippen LogP contribution in [-0.4, -0.2) is 20.5 Å². The minimum atomic E-state index is -0.240. The number of hydrogen-bond donors (Lipinski definition) is 1. The van der Waals surface area contributed by atoms with Crippen molar-refractivity contribution in [1.82, 2.24) is 14.6 Å². The molecule has 25 heavy (non-hydrogen) atoms. The molecule has 1 aromatic carbocycles. The first-order valence-electron chi connectivity index (χ1n) is 8.04. The number of carbonyl (C=O) groups excluding carboxylic acids is 1. The molecule has 0 saturated heterocycles. The summed E-state index contributed by atoms with van der Waals surface area (Å²) in [6.45, 7) is 2.03. The van der Waals surface area contributed by atoms with E-state index in [-0.39, 0.29) is 5.91 Å². The Hall–Kier alpha value is -3.41. The van der Waals surface area contributed by atoms with E-state index in [1.165, 1.54) is 6.08 Å². The number of carbonyl (C=O) groups is 1. The molecule has 0 bridgehead atoms. The van der Waals surface area contributed by atoms with E-state index in [4.69, 9.17) is 4.42 Å². The topological polar surface area (TPSA) is 72.4 Å². The Morgan fingerprint density at radius 3 is 3.00 bits per heavy atom. The smallest absolute Gasteiger partial charge is 0.249 e. The molecule has 1 N–H and O–H groups in total. The molecule has 0 fully saturated rings. The van der Waals surface area contributed by atoms with Crippen molar-refractivity contribution >= 4 is 34.4 Å². The molecule has 0 aliphatic heterocycles. The summed E-state index contributed by atoms with van der Waals surface area (Å²) in [5.41, 5.74) is 2.44. The minimum absolute atomic E-state index is 0.240. The van der Waals surface area contributed by atoms with Crippen molar-refractivity contribution in [3.8, 4) is 0 Å². The highest BCUT2D eigenvalue weighted by atomic mass is 16.3. The summed E-state index contributed by atoms with van der Waals surface area (Å²) in [6.07, 6.45) is 7.33. The second-order valence-electron chi connectivity index (χ2n) is 5.54. The van der Waals surface area contributed by atoms with Crippen molar-refractivity contribution < 1.29 is 9.21 Å². The highest BCUT2D eigenvalue weighted by Gasteiger charge is 2.10. The first kappa shape index (κ1) is 15.1. The summed E-state index contributed by atoms with van der Waals surface area (Å²) in [5.74, 6) is 1.19. The van der Waals surface area contributed by atoms with Gasteiger partial charge in [0, 0.05) is 35.7 Å². The molecule has 3 aromatic heterocycles. The van der Waals surface area contributed by atoms with Gasteiger partial charge >= 0.3 is 0 Å². The monoisotopic (exact) mass is 332 g/mol. The predicted molar refractivity (Wildman–Crippen MR) is 96.2 cm³/mol. The molecule has 0 aliphatic rings. The molecule has 0 aliphatic carbocycles. The van der Waals surface area contributed by atoms with E-state index in [1.54, 1.807) is 35.1 Å². The Labute approximate surface area is 143 Å². The number of rotatable bonds is 4. The first-order chi connectivity index (χ1) is 12.3. The Bertz CT molecular complexity index is 1090. The summed E-state index contributed by atoms with van der Waals surface area (Å²) >= 11 is 0. The van der Waals surface area contributed by atoms with Crippen LogP contribution in [0.1, 0.15) is 18.2 Å². The molecule has 4 rings (SSSR count). The van der Waals surface area contributed by atoms with Gasteiger partial charge in [0.15, 0.2) is 5.65 Å². The average Bonchev–Trinajstić information content (AvgIpc) is 3.24. The summed E-state index contributed by atoms with van der Waals surface area (Å²) in [5, 5.41) is 7.98. The van der Waals surface area contributed by atoms with Gasteiger partial charge in [-0.2, -0.15) is 9.61 Å². The number of aromatic nitrogens is 3. The van der Waals surface area contributed by atoms with Crippen molar-refractivity contribution in [3.05, 3.63) is 66.2 Å². The minimum Gasteiger partial charge on any atom is -0.460 e. The molecule has 4 aromatic rings. The fourth-order valence-corrected chi connectivity index (χ4v) is 2.82. The molecule has 1 amide bonds. The SMILES string of the molecule is CCc1oc2ccccc2c1/C=C/C(=O)Nc1ccnc2ccnn12. The molecule has 0 saturated carbocycles. The van der Waals surface area contributed by atoms with Gasteiger partial charge < -0.3 is 9.73 Å². The van der Waals surface area contributed by atoms with E-state index in [2.05, 4.69) is 15.4 Å². The zero-order chi connectivity index (χ0) is 17.2. The second-order valence-corrected chi connectivity index (χ2v) is 5.54. The third-order valence-electron chi connectivity index (χ3n) is 3.97. The molecule has 0 unspecified atom stereocenters. The molecule has 124 valence electrons. The maximum Gasteiger partial charge on any atom is 0.249 e. The third kappa shape index (κ3) is 2.78. The number of nitrogens with zero attached hydrogens (tertiary/aromatic N) is 3. The van der Waals surface area contributed by atoms with Crippen LogP contribution in [0.5, 0.6) is 0 Å². The van der Waals surface area contributed by atoms with Crippen LogP contribution in [0.25, 0.3) is 22.7 Å². The van der Waals surface area contributed by atoms with E-state index in [0.29, 0.717) is 11.5 Å². The Kier molecular flexibility index (Phi) is 3.78. The van der Waals surface area contributed by atoms with Crippen LogP contribution in [-0.2, 0) is 11.2 Å². The number of hydrogen-bond acceptors (Lipinski definition) is 4. The lowest BCUT2D eigenvalue weighted by atomic mass is 10.1. The Balaban J connectivity index is 1.62. The Morgan fingerprint density at radius 1 is 1.24 bits per heavy atom. The number of benzene rings is 1. The van der Waals surface area contributed by atoms with Crippen molar-refractivity contribution in [2.75, 3.05) is 5.32 Å². The van der Waals surface area contributed by atoms with Crippen LogP contribution in [0, 0.1) is 0 Å². The number of furan rings is 1. The lowest BCUT2D eigenvalue weighted by molar-refractivity contribution is -0.111. The molecule has 6 heteroatoms. The zero-order valence-electron chi connectivity index (χ0n) is 13.6. The summed E-state index contributed by atoms with van der Waals surface area (Å²) in [6, 6.07) is 11.3. The van der Waals surface area contributed by atoms with Crippen molar-refractivity contribution in [2.24, 2.45) is 0 Å². The van der Waals surface area contributed by atoms with E-state index in [0.717, 1.165) is 28.7 Å². The number of aryl methyl sites for hydroxylation is 1. The van der Waals surface area contributed by atoms with Crippen LogP contribution in [0.2, 0.25) is 0 Å². The summed E-state index contributed by atoms with van der Waals surface area (Å²) in [4.78, 5) is 16.5. The highest BCUT2D eigenvalue weighted by Crippen LogP contribution is 2.27. The molecule has 0 radical (unpaired) electrons. The summed E-state index contributed by atoms with van der Waals surface area (Å²) in [7, 11) is 0. The fraction of sp³-hybridized carbons (Fsp3) is 0.105. The summed E-state index contributed by atoms with van der Waals surface area (Å²) < 4.78 is 7.42. The van der Waals surface area contributed by atoms with Gasteiger partial charge in [-0.05, 0) is 18.2 Å². The van der Waals surface area contributed by atoms with E-state index in [1.807, 2.05) is 31.2 Å². The number of amides is 1. The zero-order valence-corrected chi connectivity index (χ0v) is 13.6. The van der Waals surface area contributed by atoms with Crippen LogP contribution >= 0.6 is 0 Å². The van der Waals surface area contributed by atoms with Gasteiger partial charge in [-0.3, -0.25) is 4.79 Å². The standard InChI is InChI=1S/C19H16N4O2/c1-2-15-14(13-5-3-4-6-16(13)25-15)7-8-19(24)22-18-9-11-20-17-10-12-21-23(17)18/h3-12H,2H2,1H3,(H,22,24)/b8-7+. The van der Waals surface area contributed by atoms with Gasteiger partial charge in [0.05, 0.1) is 6.20 Å². The van der Waals surface area contributed by atoms with Crippen LogP contribution in [0.4, 0.5) is 5.82 Å². The van der Waals surface area contributed by atoms with E-state index < -0.39 is 0 Å². The van der Waals surface area contributed by atoms with Gasteiger partial charge in [0.25, 0.3) is 0 Å². The van der Waals surface area contributed by atoms with Crippen molar-refractivity contribution in [2.45, 2.75) is 13.3 Å². The first-order valence-corrected chi connectivity index (χ1v) is 8.04. The van der Waals surface area contributed by atoms with Gasteiger partial charge in [-0.25, -0.2) is 4.98 Å². The lowest BCUT2D eigenvalue weighted by Crippen LogP contribution is -2.11. The normalized spacial score (nSPS) is 11.6. The molecule has 6 nitrogen and oxygen atoms in total. The molecular weight excluding hydrogens is 316 g/mol. The number of fused-ring (bicyclic) bond motifs is 2. The number of nitrogens with one attached hydrogen (secondary N) is 1. The quantitative estimate of drug-likeness (QED) is 0.579. The maximum absolute atomic E-state index is 12.3. The van der Waals surface area contributed by atoms with Gasteiger partial charge in [0.1, 0.15) is 17.2 Å². The molecule has 0 spiro atoms. The van der Waals surface area contributed by atoms with Gasteiger partial charge in [-0.15, -0.1) is 0 Å². The lowest BCUT2D eigenvalue weighted by Gasteiger charge is -2.04. The van der Waals surface area contributed by atoms with Gasteiger partial charge in [-0.1, -0.05) is 25.1 Å². The van der Waals surface area contributed by atoms with Crippen LogP contribution in [0.3, 0.4) is 0 Å². The van der Waals surface area contributed by atoms with E-state index >= 15 is 0 Å². The molecular formula is C19H16N4O2. The van der Waals surface area contributed by atoms with Crippen molar-refractivity contribution in [1.29, 1.82) is 0 Å². The molecule has 0 atom stereocenters. The predicted octanol–water partition coefficient (Wildman–Crippen LogP) is 3.69.